The van der Waals surface area contributed by atoms with Crippen LogP contribution in [0.1, 0.15) is 47.2 Å². The number of carbonyl (C=O) groups excluding carboxylic acids is 2. The maximum absolute atomic E-state index is 13.2. The zero-order chi connectivity index (χ0) is 27.2. The Labute approximate surface area is 217 Å². The van der Waals surface area contributed by atoms with E-state index in [-0.39, 0.29) is 42.5 Å². The number of alkyl halides is 3. The number of rotatable bonds is 10. The molecule has 3 aromatic rings. The van der Waals surface area contributed by atoms with E-state index in [1.54, 1.807) is 24.3 Å². The lowest BCUT2D eigenvalue weighted by molar-refractivity contribution is -0.137. The third kappa shape index (κ3) is 6.69. The molecule has 3 N–H and O–H groups in total. The third-order valence-electron chi connectivity index (χ3n) is 6.67. The van der Waals surface area contributed by atoms with Crippen LogP contribution in [0.25, 0.3) is 0 Å². The number of hydrogen-bond donors (Lipinski definition) is 3. The lowest BCUT2D eigenvalue weighted by atomic mass is 9.80. The molecule has 4 rings (SSSR count). The molecule has 10 heteroatoms. The molecule has 0 radical (unpaired) electrons. The van der Waals surface area contributed by atoms with Crippen molar-refractivity contribution in [3.8, 4) is 0 Å². The highest BCUT2D eigenvalue weighted by molar-refractivity contribution is 5.95. The number of ketones is 1. The summed E-state index contributed by atoms with van der Waals surface area (Å²) >= 11 is 0. The number of pyridine rings is 1. The molecule has 0 bridgehead atoms. The van der Waals surface area contributed by atoms with Crippen LogP contribution in [0, 0.1) is 5.41 Å². The molecule has 0 spiro atoms. The number of amides is 1. The highest BCUT2D eigenvalue weighted by Gasteiger charge is 2.41. The predicted octanol–water partition coefficient (Wildman–Crippen LogP) is 5.21. The standard InChI is InChI=1S/C28H28F3N3O4/c29-28(30,31)22-4-1-2-5-23(22)34-21-10-7-19(8-11-21)16-33-26(37)27(14-15-38-18-27)13-3-6-24(35)20-9-12-25(36)32-17-20/h1-2,4-5,7-12,17,34H,3,6,13-16,18H2,(H,32,36)(H,33,37). The number of para-hydroxylation sites is 1. The van der Waals surface area contributed by atoms with Crippen LogP contribution in [0.4, 0.5) is 24.5 Å². The fourth-order valence-electron chi connectivity index (χ4n) is 4.48. The second-order valence-electron chi connectivity index (χ2n) is 9.35. The molecular weight excluding hydrogens is 499 g/mol. The topological polar surface area (TPSA) is 100 Å². The van der Waals surface area contributed by atoms with Crippen molar-refractivity contribution < 1.29 is 27.5 Å². The molecule has 1 atom stereocenters. The van der Waals surface area contributed by atoms with Crippen molar-refractivity contribution in [1.82, 2.24) is 10.3 Å². The van der Waals surface area contributed by atoms with Gasteiger partial charge >= 0.3 is 6.18 Å². The number of H-pyrrole nitrogens is 1. The summed E-state index contributed by atoms with van der Waals surface area (Å²) in [5, 5.41) is 5.74. The summed E-state index contributed by atoms with van der Waals surface area (Å²) in [7, 11) is 0. The molecule has 1 aromatic heterocycles. The number of benzene rings is 2. The van der Waals surface area contributed by atoms with Crippen LogP contribution < -0.4 is 16.2 Å². The van der Waals surface area contributed by atoms with Crippen molar-refractivity contribution in [3.05, 3.63) is 93.9 Å². The first-order valence-corrected chi connectivity index (χ1v) is 12.3. The van der Waals surface area contributed by atoms with Crippen molar-refractivity contribution in [2.24, 2.45) is 5.41 Å². The van der Waals surface area contributed by atoms with Gasteiger partial charge in [0, 0.05) is 43.1 Å². The molecule has 38 heavy (non-hydrogen) atoms. The van der Waals surface area contributed by atoms with E-state index in [1.807, 2.05) is 0 Å². The second kappa shape index (κ2) is 11.6. The zero-order valence-electron chi connectivity index (χ0n) is 20.6. The number of anilines is 2. The van der Waals surface area contributed by atoms with Gasteiger partial charge in [-0.15, -0.1) is 0 Å². The van der Waals surface area contributed by atoms with Crippen LogP contribution in [0.2, 0.25) is 0 Å². The van der Waals surface area contributed by atoms with Gasteiger partial charge in [-0.05, 0) is 55.2 Å². The van der Waals surface area contributed by atoms with Crippen LogP contribution >= 0.6 is 0 Å². The average molecular weight is 528 g/mol. The fourth-order valence-corrected chi connectivity index (χ4v) is 4.48. The smallest absolute Gasteiger partial charge is 0.380 e. The highest BCUT2D eigenvalue weighted by Crippen LogP contribution is 2.36. The molecule has 2 heterocycles. The predicted molar refractivity (Wildman–Crippen MR) is 136 cm³/mol. The van der Waals surface area contributed by atoms with Crippen LogP contribution in [0.15, 0.2) is 71.7 Å². The molecule has 1 aliphatic rings. The van der Waals surface area contributed by atoms with Crippen molar-refractivity contribution >= 4 is 23.1 Å². The number of Topliss-reactive ketones (excluding diaryl/α,β-unsaturated/α-hetero) is 1. The maximum atomic E-state index is 13.2. The summed E-state index contributed by atoms with van der Waals surface area (Å²) in [6.45, 7) is 0.977. The minimum atomic E-state index is -4.47. The van der Waals surface area contributed by atoms with E-state index in [0.29, 0.717) is 37.1 Å². The van der Waals surface area contributed by atoms with E-state index in [1.165, 1.54) is 36.5 Å². The van der Waals surface area contributed by atoms with Crippen molar-refractivity contribution in [3.63, 3.8) is 0 Å². The van der Waals surface area contributed by atoms with E-state index in [0.717, 1.165) is 11.6 Å². The first-order chi connectivity index (χ1) is 18.2. The summed E-state index contributed by atoms with van der Waals surface area (Å²) in [6, 6.07) is 14.8. The Morgan fingerprint density at radius 3 is 2.45 bits per heavy atom. The highest BCUT2D eigenvalue weighted by atomic mass is 19.4. The van der Waals surface area contributed by atoms with Gasteiger partial charge in [-0.2, -0.15) is 13.2 Å². The van der Waals surface area contributed by atoms with E-state index < -0.39 is 17.2 Å². The number of aromatic nitrogens is 1. The summed E-state index contributed by atoms with van der Waals surface area (Å²) in [5.74, 6) is -0.268. The fraction of sp³-hybridized carbons (Fsp3) is 0.321. The number of halogens is 3. The summed E-state index contributed by atoms with van der Waals surface area (Å²) in [6.07, 6.45) is -1.31. The monoisotopic (exact) mass is 527 g/mol. The van der Waals surface area contributed by atoms with Gasteiger partial charge in [0.1, 0.15) is 0 Å². The molecule has 1 unspecified atom stereocenters. The molecule has 1 aliphatic heterocycles. The van der Waals surface area contributed by atoms with Gasteiger partial charge in [0.25, 0.3) is 0 Å². The van der Waals surface area contributed by atoms with E-state index >= 15 is 0 Å². The Morgan fingerprint density at radius 2 is 1.79 bits per heavy atom. The Kier molecular flexibility index (Phi) is 8.31. The molecule has 200 valence electrons. The molecule has 1 saturated heterocycles. The lowest BCUT2D eigenvalue weighted by Gasteiger charge is -2.26. The third-order valence-corrected chi connectivity index (χ3v) is 6.67. The molecule has 0 aliphatic carbocycles. The molecule has 7 nitrogen and oxygen atoms in total. The number of carbonyl (C=O) groups is 2. The zero-order valence-corrected chi connectivity index (χ0v) is 20.6. The van der Waals surface area contributed by atoms with Crippen molar-refractivity contribution in [1.29, 1.82) is 0 Å². The Morgan fingerprint density at radius 1 is 1.03 bits per heavy atom. The normalized spacial score (nSPS) is 17.2. The van der Waals surface area contributed by atoms with Crippen LogP contribution in [-0.2, 0) is 22.3 Å². The number of nitrogens with one attached hydrogen (secondary N) is 3. The summed E-state index contributed by atoms with van der Waals surface area (Å²) < 4.78 is 45.2. The van der Waals surface area contributed by atoms with E-state index in [2.05, 4.69) is 15.6 Å². The molecular formula is C28H28F3N3O4. The molecule has 1 amide bonds. The Hall–Kier alpha value is -3.92. The average Bonchev–Trinajstić information content (AvgIpc) is 3.38. The maximum Gasteiger partial charge on any atom is 0.418 e. The van der Waals surface area contributed by atoms with Crippen LogP contribution in [-0.4, -0.2) is 29.9 Å². The Balaban J connectivity index is 1.31. The van der Waals surface area contributed by atoms with E-state index in [4.69, 9.17) is 4.74 Å². The van der Waals surface area contributed by atoms with E-state index in [9.17, 15) is 27.6 Å². The van der Waals surface area contributed by atoms with Crippen LogP contribution in [0.3, 0.4) is 0 Å². The van der Waals surface area contributed by atoms with Crippen molar-refractivity contribution in [2.75, 3.05) is 18.5 Å². The number of aromatic amines is 1. The van der Waals surface area contributed by atoms with Gasteiger partial charge in [-0.1, -0.05) is 24.3 Å². The van der Waals surface area contributed by atoms with Gasteiger partial charge in [-0.25, -0.2) is 0 Å². The summed E-state index contributed by atoms with van der Waals surface area (Å²) in [5.41, 5.74) is -0.0961. The lowest BCUT2D eigenvalue weighted by Crippen LogP contribution is -2.41. The minimum Gasteiger partial charge on any atom is -0.380 e. The largest absolute Gasteiger partial charge is 0.418 e. The first kappa shape index (κ1) is 27.1. The Bertz CT molecular complexity index is 1310. The SMILES string of the molecule is O=C(CCCC1(C(=O)NCc2ccc(Nc3ccccc3C(F)(F)F)cc2)CCOC1)c1ccc(=O)[nH]c1. The van der Waals surface area contributed by atoms with Gasteiger partial charge < -0.3 is 20.4 Å². The molecule has 2 aromatic carbocycles. The summed E-state index contributed by atoms with van der Waals surface area (Å²) in [4.78, 5) is 39.2. The van der Waals surface area contributed by atoms with Crippen LogP contribution in [0.5, 0.6) is 0 Å². The number of ether oxygens (including phenoxy) is 1. The molecule has 0 saturated carbocycles. The second-order valence-corrected chi connectivity index (χ2v) is 9.35. The van der Waals surface area contributed by atoms with Gasteiger partial charge in [0.15, 0.2) is 5.78 Å². The minimum absolute atomic E-state index is 0.0386. The van der Waals surface area contributed by atoms with Gasteiger partial charge in [0.2, 0.25) is 11.5 Å². The first-order valence-electron chi connectivity index (χ1n) is 12.3. The number of hydrogen-bond acceptors (Lipinski definition) is 5. The molecule has 1 fully saturated rings. The van der Waals surface area contributed by atoms with Gasteiger partial charge in [0.05, 0.1) is 23.3 Å². The van der Waals surface area contributed by atoms with Gasteiger partial charge in [-0.3, -0.25) is 14.4 Å². The quantitative estimate of drug-likeness (QED) is 0.314. The van der Waals surface area contributed by atoms with Crippen molar-refractivity contribution in [2.45, 2.75) is 38.4 Å².